The Hall–Kier alpha value is -2.80. The number of aliphatic hydroxyl groups is 1. The minimum atomic E-state index is -1.80. The van der Waals surface area contributed by atoms with Gasteiger partial charge < -0.3 is 5.11 Å². The molecular weight excluding hydrogens is 509 g/mol. The lowest BCUT2D eigenvalue weighted by Gasteiger charge is -2.29. The lowest BCUT2D eigenvalue weighted by Crippen LogP contribution is -2.36. The monoisotopic (exact) mass is 524 g/mol. The molecule has 8 nitrogen and oxygen atoms in total. The van der Waals surface area contributed by atoms with E-state index < -0.39 is 17.2 Å². The van der Waals surface area contributed by atoms with Crippen LogP contribution in [0.4, 0.5) is 8.78 Å². The fourth-order valence-corrected chi connectivity index (χ4v) is 3.73. The second kappa shape index (κ2) is 8.14. The van der Waals surface area contributed by atoms with E-state index in [2.05, 4.69) is 43.0 Å². The lowest BCUT2D eigenvalue weighted by molar-refractivity contribution is -0.00227. The Bertz CT molecular complexity index is 1260. The predicted molar refractivity (Wildman–Crippen MR) is 111 cm³/mol. The Labute approximate surface area is 182 Å². The van der Waals surface area contributed by atoms with Crippen molar-refractivity contribution in [2.75, 3.05) is 0 Å². The van der Waals surface area contributed by atoms with Gasteiger partial charge in [-0.15, -0.1) is 5.10 Å². The summed E-state index contributed by atoms with van der Waals surface area (Å²) in [6, 6.07) is 8.16. The largest absolute Gasteiger partial charge is 0.383 e. The van der Waals surface area contributed by atoms with Gasteiger partial charge in [-0.3, -0.25) is 4.79 Å². The first-order valence-corrected chi connectivity index (χ1v) is 9.97. The third-order valence-corrected chi connectivity index (χ3v) is 5.41. The van der Waals surface area contributed by atoms with E-state index in [-0.39, 0.29) is 30.6 Å². The predicted octanol–water partition coefficient (Wildman–Crippen LogP) is 2.24. The molecule has 0 aliphatic carbocycles. The summed E-state index contributed by atoms with van der Waals surface area (Å²) in [5, 5.41) is 23.6. The Morgan fingerprint density at radius 1 is 1.17 bits per heavy atom. The molecule has 0 spiro atoms. The summed E-state index contributed by atoms with van der Waals surface area (Å²) in [6.07, 6.45) is 2.55. The van der Waals surface area contributed by atoms with Crippen LogP contribution in [0.5, 0.6) is 0 Å². The number of aromatic nitrogens is 6. The topological polar surface area (TPSA) is 98.7 Å². The van der Waals surface area contributed by atoms with Crippen LogP contribution in [0.1, 0.15) is 12.0 Å². The smallest absolute Gasteiger partial charge is 0.277 e. The summed E-state index contributed by atoms with van der Waals surface area (Å²) in [4.78, 5) is 16.6. The molecule has 0 aliphatic heterocycles. The van der Waals surface area contributed by atoms with Crippen LogP contribution < -0.4 is 5.56 Å². The molecule has 0 saturated heterocycles. The first kappa shape index (κ1) is 20.5. The molecule has 0 fully saturated rings. The maximum Gasteiger partial charge on any atom is 0.277 e. The summed E-state index contributed by atoms with van der Waals surface area (Å²) in [7, 11) is 0. The maximum absolute atomic E-state index is 14.5. The van der Waals surface area contributed by atoms with Crippen LogP contribution in [0.2, 0.25) is 0 Å². The van der Waals surface area contributed by atoms with Crippen molar-refractivity contribution >= 4 is 33.5 Å². The Balaban J connectivity index is 1.70. The van der Waals surface area contributed by atoms with Crippen molar-refractivity contribution < 1.29 is 13.9 Å². The van der Waals surface area contributed by atoms with E-state index in [1.54, 1.807) is 12.1 Å². The van der Waals surface area contributed by atoms with Gasteiger partial charge in [0.25, 0.3) is 5.56 Å². The number of rotatable bonds is 6. The number of benzene rings is 2. The van der Waals surface area contributed by atoms with Gasteiger partial charge in [0.1, 0.15) is 35.4 Å². The zero-order valence-corrected chi connectivity index (χ0v) is 17.6. The Kier molecular flexibility index (Phi) is 5.56. The normalized spacial score (nSPS) is 13.5. The fraction of sp³-hybridized carbons (Fsp3) is 0.211. The number of fused-ring (bicyclic) bond motifs is 1. The molecule has 2 aromatic carbocycles. The average molecular weight is 524 g/mol. The zero-order valence-electron chi connectivity index (χ0n) is 15.4. The highest BCUT2D eigenvalue weighted by atomic mass is 127. The molecule has 0 radical (unpaired) electrons. The number of hydrogen-bond donors (Lipinski definition) is 1. The van der Waals surface area contributed by atoms with Crippen molar-refractivity contribution in [1.29, 1.82) is 0 Å². The van der Waals surface area contributed by atoms with Crippen LogP contribution in [0.15, 0.2) is 53.8 Å². The highest BCUT2D eigenvalue weighted by Gasteiger charge is 2.33. The highest BCUT2D eigenvalue weighted by molar-refractivity contribution is 14.1. The van der Waals surface area contributed by atoms with Crippen molar-refractivity contribution in [2.45, 2.75) is 25.1 Å². The minimum absolute atomic E-state index is 0.0464. The van der Waals surface area contributed by atoms with Crippen LogP contribution >= 0.6 is 22.6 Å². The Morgan fingerprint density at radius 2 is 2.00 bits per heavy atom. The molecule has 4 aromatic rings. The van der Waals surface area contributed by atoms with Gasteiger partial charge in [-0.05, 0) is 46.9 Å². The van der Waals surface area contributed by atoms with Gasteiger partial charge >= 0.3 is 0 Å². The van der Waals surface area contributed by atoms with Crippen molar-refractivity contribution in [3.63, 3.8) is 0 Å². The molecule has 2 heterocycles. The molecule has 0 aliphatic rings. The molecule has 1 atom stereocenters. The molecule has 30 heavy (non-hydrogen) atoms. The summed E-state index contributed by atoms with van der Waals surface area (Å²) >= 11 is 2.09. The number of aryl methyl sites for hydroxylation is 1. The molecule has 1 N–H and O–H groups in total. The van der Waals surface area contributed by atoms with Crippen LogP contribution in [0.3, 0.4) is 0 Å². The van der Waals surface area contributed by atoms with E-state index in [1.165, 1.54) is 23.4 Å². The zero-order chi connectivity index (χ0) is 21.3. The van der Waals surface area contributed by atoms with Crippen molar-refractivity contribution in [3.05, 3.63) is 80.2 Å². The minimum Gasteiger partial charge on any atom is -0.383 e. The Morgan fingerprint density at radius 3 is 2.73 bits per heavy atom. The van der Waals surface area contributed by atoms with E-state index in [0.717, 1.165) is 14.3 Å². The van der Waals surface area contributed by atoms with Gasteiger partial charge in [0.2, 0.25) is 0 Å². The van der Waals surface area contributed by atoms with E-state index in [4.69, 9.17) is 0 Å². The summed E-state index contributed by atoms with van der Waals surface area (Å²) in [5.41, 5.74) is -1.83. The van der Waals surface area contributed by atoms with Crippen molar-refractivity contribution in [3.8, 4) is 0 Å². The second-order valence-corrected chi connectivity index (χ2v) is 8.02. The second-order valence-electron chi connectivity index (χ2n) is 6.78. The summed E-state index contributed by atoms with van der Waals surface area (Å²) < 4.78 is 31.2. The molecule has 0 saturated carbocycles. The number of nitrogens with zero attached hydrogens (tertiary/aromatic N) is 6. The number of halogens is 3. The third kappa shape index (κ3) is 4.07. The summed E-state index contributed by atoms with van der Waals surface area (Å²) in [5.74, 6) is -1.66. The lowest BCUT2D eigenvalue weighted by atomic mass is 9.89. The third-order valence-electron chi connectivity index (χ3n) is 4.74. The maximum atomic E-state index is 14.5. The van der Waals surface area contributed by atoms with E-state index in [0.29, 0.717) is 17.0 Å². The van der Waals surface area contributed by atoms with Crippen LogP contribution in [-0.4, -0.2) is 34.9 Å². The van der Waals surface area contributed by atoms with Gasteiger partial charge in [-0.1, -0.05) is 11.3 Å². The highest BCUT2D eigenvalue weighted by Crippen LogP contribution is 2.30. The standard InChI is InChI=1S/C19H15F2IN6O2/c20-12-1-3-15(16(21)7-12)19(30,9-27-11-23-10-24-27)5-6-28-18(29)14-8-13(22)2-4-17(14)25-26-28/h1-4,7-8,10-11,30H,5-6,9H2. The first-order valence-electron chi connectivity index (χ1n) is 8.89. The van der Waals surface area contributed by atoms with Crippen molar-refractivity contribution in [1.82, 2.24) is 29.8 Å². The molecule has 11 heteroatoms. The molecule has 0 bridgehead atoms. The van der Waals surface area contributed by atoms with Gasteiger partial charge in [0.05, 0.1) is 11.9 Å². The van der Waals surface area contributed by atoms with E-state index >= 15 is 0 Å². The van der Waals surface area contributed by atoms with E-state index in [9.17, 15) is 18.7 Å². The average Bonchev–Trinajstić information content (AvgIpc) is 3.20. The SMILES string of the molecule is O=c1c2cc(I)ccc2nnn1CCC(O)(Cn1cncn1)c1ccc(F)cc1F. The first-order chi connectivity index (χ1) is 14.4. The van der Waals surface area contributed by atoms with E-state index in [1.807, 2.05) is 6.07 Å². The molecular formula is C19H15F2IN6O2. The van der Waals surface area contributed by atoms with Gasteiger partial charge in [-0.2, -0.15) is 5.10 Å². The van der Waals surface area contributed by atoms with Crippen LogP contribution in [0.25, 0.3) is 10.9 Å². The molecule has 4 rings (SSSR count). The molecule has 0 amide bonds. The van der Waals surface area contributed by atoms with Gasteiger partial charge in [-0.25, -0.2) is 23.1 Å². The van der Waals surface area contributed by atoms with Crippen LogP contribution in [0, 0.1) is 15.2 Å². The van der Waals surface area contributed by atoms with Gasteiger partial charge in [0, 0.05) is 28.2 Å². The summed E-state index contributed by atoms with van der Waals surface area (Å²) in [6.45, 7) is -0.196. The van der Waals surface area contributed by atoms with Crippen molar-refractivity contribution in [2.24, 2.45) is 0 Å². The molecule has 154 valence electrons. The molecule has 1 unspecified atom stereocenters. The quantitative estimate of drug-likeness (QED) is 0.389. The van der Waals surface area contributed by atoms with Crippen LogP contribution in [-0.2, 0) is 18.7 Å². The fourth-order valence-electron chi connectivity index (χ4n) is 3.23. The molecule has 2 aromatic heterocycles. The number of hydrogen-bond acceptors (Lipinski definition) is 6. The van der Waals surface area contributed by atoms with Gasteiger partial charge in [0.15, 0.2) is 0 Å².